The highest BCUT2D eigenvalue weighted by molar-refractivity contribution is 5.41. The molecule has 0 aliphatic carbocycles. The molecule has 0 aliphatic rings. The van der Waals surface area contributed by atoms with Crippen LogP contribution >= 0.6 is 0 Å². The molecule has 0 amide bonds. The molecular weight excluding hydrogens is 226 g/mol. The normalized spacial score (nSPS) is 10.3. The number of aliphatic hydroxyl groups is 1. The van der Waals surface area contributed by atoms with E-state index < -0.39 is 0 Å². The van der Waals surface area contributed by atoms with Crippen molar-refractivity contribution >= 4 is 5.82 Å². The number of aromatic nitrogens is 2. The van der Waals surface area contributed by atoms with Crippen molar-refractivity contribution in [2.75, 3.05) is 11.4 Å². The topological polar surface area (TPSA) is 49.2 Å². The third kappa shape index (κ3) is 3.05. The van der Waals surface area contributed by atoms with Gasteiger partial charge in [0.15, 0.2) is 0 Å². The minimum absolute atomic E-state index is 0.0384. The summed E-state index contributed by atoms with van der Waals surface area (Å²) in [6, 6.07) is 9.61. The second-order valence-electron chi connectivity index (χ2n) is 4.02. The maximum atomic E-state index is 9.15. The van der Waals surface area contributed by atoms with Gasteiger partial charge in [-0.3, -0.25) is 4.98 Å². The minimum Gasteiger partial charge on any atom is -0.392 e. The average Bonchev–Trinajstić information content (AvgIpc) is 2.46. The number of anilines is 1. The number of hydrogen-bond donors (Lipinski definition) is 1. The first kappa shape index (κ1) is 12.5. The van der Waals surface area contributed by atoms with E-state index in [1.54, 1.807) is 12.4 Å². The molecule has 0 aromatic carbocycles. The molecule has 0 spiro atoms. The fraction of sp³-hybridized carbons (Fsp3) is 0.286. The Morgan fingerprint density at radius 3 is 2.72 bits per heavy atom. The van der Waals surface area contributed by atoms with Crippen molar-refractivity contribution in [2.45, 2.75) is 20.1 Å². The van der Waals surface area contributed by atoms with Crippen molar-refractivity contribution in [3.63, 3.8) is 0 Å². The molecule has 2 aromatic heterocycles. The zero-order valence-electron chi connectivity index (χ0n) is 10.5. The molecule has 2 rings (SSSR count). The standard InChI is InChI=1S/C14H17N3O/c1-2-17(10-13-5-3-4-7-15-13)14-9-12(11-18)6-8-16-14/h3-9,18H,2,10-11H2,1H3. The van der Waals surface area contributed by atoms with E-state index in [1.807, 2.05) is 30.3 Å². The quantitative estimate of drug-likeness (QED) is 0.872. The van der Waals surface area contributed by atoms with Crippen LogP contribution in [0.15, 0.2) is 42.7 Å². The summed E-state index contributed by atoms with van der Waals surface area (Å²) in [6.45, 7) is 3.69. The van der Waals surface area contributed by atoms with Gasteiger partial charge in [0, 0.05) is 18.9 Å². The van der Waals surface area contributed by atoms with Crippen LogP contribution in [0.5, 0.6) is 0 Å². The Hall–Kier alpha value is -1.94. The highest BCUT2D eigenvalue weighted by Gasteiger charge is 2.07. The van der Waals surface area contributed by atoms with Crippen LogP contribution < -0.4 is 4.90 Å². The van der Waals surface area contributed by atoms with Gasteiger partial charge in [-0.05, 0) is 36.8 Å². The SMILES string of the molecule is CCN(Cc1ccccn1)c1cc(CO)ccn1. The zero-order chi connectivity index (χ0) is 12.8. The van der Waals surface area contributed by atoms with Crippen molar-refractivity contribution in [3.8, 4) is 0 Å². The molecule has 1 N–H and O–H groups in total. The Morgan fingerprint density at radius 2 is 2.06 bits per heavy atom. The van der Waals surface area contributed by atoms with Crippen molar-refractivity contribution in [1.82, 2.24) is 9.97 Å². The van der Waals surface area contributed by atoms with Gasteiger partial charge < -0.3 is 10.0 Å². The summed E-state index contributed by atoms with van der Waals surface area (Å²) in [7, 11) is 0. The van der Waals surface area contributed by atoms with Crippen molar-refractivity contribution < 1.29 is 5.11 Å². The predicted molar refractivity (Wildman–Crippen MR) is 71.1 cm³/mol. The summed E-state index contributed by atoms with van der Waals surface area (Å²) < 4.78 is 0. The van der Waals surface area contributed by atoms with Crippen LogP contribution in [0.2, 0.25) is 0 Å². The fourth-order valence-electron chi connectivity index (χ4n) is 1.77. The lowest BCUT2D eigenvalue weighted by molar-refractivity contribution is 0.281. The Labute approximate surface area is 107 Å². The molecule has 0 unspecified atom stereocenters. The Morgan fingerprint density at radius 1 is 1.17 bits per heavy atom. The Kier molecular flexibility index (Phi) is 4.25. The average molecular weight is 243 g/mol. The van der Waals surface area contributed by atoms with Gasteiger partial charge in [-0.2, -0.15) is 0 Å². The number of hydrogen-bond acceptors (Lipinski definition) is 4. The monoisotopic (exact) mass is 243 g/mol. The van der Waals surface area contributed by atoms with E-state index in [4.69, 9.17) is 5.11 Å². The molecule has 2 heterocycles. The van der Waals surface area contributed by atoms with Crippen LogP contribution in [-0.4, -0.2) is 21.6 Å². The first-order valence-electron chi connectivity index (χ1n) is 6.04. The smallest absolute Gasteiger partial charge is 0.129 e. The molecule has 0 atom stereocenters. The largest absolute Gasteiger partial charge is 0.392 e. The van der Waals surface area contributed by atoms with E-state index in [-0.39, 0.29) is 6.61 Å². The molecule has 4 heteroatoms. The van der Waals surface area contributed by atoms with Crippen molar-refractivity contribution in [2.24, 2.45) is 0 Å². The van der Waals surface area contributed by atoms with Gasteiger partial charge in [0.05, 0.1) is 18.8 Å². The maximum Gasteiger partial charge on any atom is 0.129 e. The summed E-state index contributed by atoms with van der Waals surface area (Å²) in [5, 5.41) is 9.15. The van der Waals surface area contributed by atoms with E-state index in [2.05, 4.69) is 21.8 Å². The third-order valence-corrected chi connectivity index (χ3v) is 2.78. The molecule has 0 radical (unpaired) electrons. The van der Waals surface area contributed by atoms with Crippen LogP contribution in [-0.2, 0) is 13.2 Å². The molecule has 0 saturated heterocycles. The second kappa shape index (κ2) is 6.12. The van der Waals surface area contributed by atoms with Gasteiger partial charge in [-0.25, -0.2) is 4.98 Å². The van der Waals surface area contributed by atoms with E-state index in [1.165, 1.54) is 0 Å². The highest BCUT2D eigenvalue weighted by atomic mass is 16.3. The minimum atomic E-state index is 0.0384. The van der Waals surface area contributed by atoms with Gasteiger partial charge in [0.25, 0.3) is 0 Å². The predicted octanol–water partition coefficient (Wildman–Crippen LogP) is 2.00. The number of rotatable bonds is 5. The van der Waals surface area contributed by atoms with Crippen molar-refractivity contribution in [1.29, 1.82) is 0 Å². The number of nitrogens with zero attached hydrogens (tertiary/aromatic N) is 3. The van der Waals surface area contributed by atoms with E-state index in [0.717, 1.165) is 30.2 Å². The first-order chi connectivity index (χ1) is 8.83. The van der Waals surface area contributed by atoms with Gasteiger partial charge in [-0.1, -0.05) is 6.07 Å². The van der Waals surface area contributed by atoms with E-state index in [9.17, 15) is 0 Å². The zero-order valence-corrected chi connectivity index (χ0v) is 10.5. The molecule has 18 heavy (non-hydrogen) atoms. The van der Waals surface area contributed by atoms with Crippen LogP contribution in [0.25, 0.3) is 0 Å². The molecule has 0 bridgehead atoms. The molecule has 0 saturated carbocycles. The van der Waals surface area contributed by atoms with Gasteiger partial charge in [0.2, 0.25) is 0 Å². The fourth-order valence-corrected chi connectivity index (χ4v) is 1.77. The van der Waals surface area contributed by atoms with Crippen LogP contribution in [0.1, 0.15) is 18.2 Å². The van der Waals surface area contributed by atoms with Gasteiger partial charge in [-0.15, -0.1) is 0 Å². The van der Waals surface area contributed by atoms with Crippen LogP contribution in [0.3, 0.4) is 0 Å². The molecule has 2 aromatic rings. The molecule has 0 fully saturated rings. The summed E-state index contributed by atoms with van der Waals surface area (Å²) in [4.78, 5) is 10.8. The van der Waals surface area contributed by atoms with E-state index in [0.29, 0.717) is 0 Å². The van der Waals surface area contributed by atoms with Gasteiger partial charge >= 0.3 is 0 Å². The molecule has 0 aliphatic heterocycles. The third-order valence-electron chi connectivity index (χ3n) is 2.78. The molecule has 94 valence electrons. The van der Waals surface area contributed by atoms with Crippen LogP contribution in [0, 0.1) is 0 Å². The lowest BCUT2D eigenvalue weighted by atomic mass is 10.2. The Balaban J connectivity index is 2.17. The van der Waals surface area contributed by atoms with Crippen molar-refractivity contribution in [3.05, 3.63) is 54.0 Å². The Bertz CT molecular complexity index is 487. The van der Waals surface area contributed by atoms with E-state index >= 15 is 0 Å². The first-order valence-corrected chi connectivity index (χ1v) is 6.04. The summed E-state index contributed by atoms with van der Waals surface area (Å²) in [5.41, 5.74) is 1.88. The maximum absolute atomic E-state index is 9.15. The number of aliphatic hydroxyl groups excluding tert-OH is 1. The highest BCUT2D eigenvalue weighted by Crippen LogP contribution is 2.15. The molecular formula is C14H17N3O. The molecule has 4 nitrogen and oxygen atoms in total. The summed E-state index contributed by atoms with van der Waals surface area (Å²) >= 11 is 0. The summed E-state index contributed by atoms with van der Waals surface area (Å²) in [6.07, 6.45) is 3.52. The lowest BCUT2D eigenvalue weighted by Gasteiger charge is -2.21. The van der Waals surface area contributed by atoms with Crippen LogP contribution in [0.4, 0.5) is 5.82 Å². The number of pyridine rings is 2. The summed E-state index contributed by atoms with van der Waals surface area (Å²) in [5.74, 6) is 0.870. The van der Waals surface area contributed by atoms with Gasteiger partial charge in [0.1, 0.15) is 5.82 Å². The lowest BCUT2D eigenvalue weighted by Crippen LogP contribution is -2.23. The second-order valence-corrected chi connectivity index (χ2v) is 4.02.